The quantitative estimate of drug-likeness (QED) is 0.257. The van der Waals surface area contributed by atoms with Gasteiger partial charge in [-0.1, -0.05) is 61.9 Å². The molecule has 0 aromatic heterocycles. The molecular formula is C32H27N3O. The van der Waals surface area contributed by atoms with Crippen LogP contribution in [0.1, 0.15) is 31.4 Å². The molecule has 4 nitrogen and oxygen atoms in total. The van der Waals surface area contributed by atoms with Gasteiger partial charge in [-0.15, -0.1) is 0 Å². The molecule has 176 valence electrons. The number of hydrogen-bond donors (Lipinski definition) is 0. The first-order valence-corrected chi connectivity index (χ1v) is 11.9. The van der Waals surface area contributed by atoms with Gasteiger partial charge < -0.3 is 9.64 Å². The van der Waals surface area contributed by atoms with Crippen LogP contribution in [0.15, 0.2) is 120 Å². The maximum atomic E-state index is 9.19. The van der Waals surface area contributed by atoms with E-state index in [2.05, 4.69) is 77.3 Å². The van der Waals surface area contributed by atoms with Crippen molar-refractivity contribution < 1.29 is 4.74 Å². The van der Waals surface area contributed by atoms with E-state index < -0.39 is 0 Å². The smallest absolute Gasteiger partial charge is 0.269 e. The Morgan fingerprint density at radius 1 is 0.917 bits per heavy atom. The van der Waals surface area contributed by atoms with Crippen molar-refractivity contribution in [2.24, 2.45) is 0 Å². The second-order valence-electron chi connectivity index (χ2n) is 8.44. The molecular weight excluding hydrogens is 442 g/mol. The van der Waals surface area contributed by atoms with Gasteiger partial charge in [0.15, 0.2) is 0 Å². The Hall–Kier alpha value is -4.80. The van der Waals surface area contributed by atoms with Gasteiger partial charge in [-0.2, -0.15) is 0 Å². The van der Waals surface area contributed by atoms with Gasteiger partial charge >= 0.3 is 0 Å². The van der Waals surface area contributed by atoms with Crippen LogP contribution in [0.25, 0.3) is 10.9 Å². The Morgan fingerprint density at radius 2 is 1.56 bits per heavy atom. The number of nitriles is 1. The fraction of sp³-hybridized carbons (Fsp3) is 0.125. The molecule has 0 atom stereocenters. The summed E-state index contributed by atoms with van der Waals surface area (Å²) in [4.78, 5) is 5.55. The van der Waals surface area contributed by atoms with Crippen LogP contribution < -0.4 is 4.90 Å². The fourth-order valence-electron chi connectivity index (χ4n) is 4.07. The zero-order valence-electron chi connectivity index (χ0n) is 20.5. The zero-order valence-corrected chi connectivity index (χ0v) is 20.5. The van der Waals surface area contributed by atoms with E-state index >= 15 is 0 Å². The van der Waals surface area contributed by atoms with Crippen LogP contribution in [0.3, 0.4) is 0 Å². The van der Waals surface area contributed by atoms with Gasteiger partial charge in [-0.3, -0.25) is 0 Å². The summed E-state index contributed by atoms with van der Waals surface area (Å²) < 4.78 is 5.76. The van der Waals surface area contributed by atoms with Crippen molar-refractivity contribution in [3.05, 3.63) is 142 Å². The minimum Gasteiger partial charge on any atom is -0.462 e. The van der Waals surface area contributed by atoms with Gasteiger partial charge in [0, 0.05) is 17.1 Å². The molecule has 0 saturated heterocycles. The van der Waals surface area contributed by atoms with Crippen LogP contribution in [-0.2, 0) is 11.2 Å². The molecule has 36 heavy (non-hydrogen) atoms. The molecule has 1 aliphatic heterocycles. The van der Waals surface area contributed by atoms with Gasteiger partial charge in [0.25, 0.3) is 5.70 Å². The molecule has 3 aromatic carbocycles. The first kappa shape index (κ1) is 24.3. The first-order chi connectivity index (χ1) is 17.6. The SMILES string of the molecule is [C-]#[N+]/C(C#N)=C1/C=C(C)OC(/C=C/c2ccc(N(c3ccccc3)c3ccc(CCC)cc3)cc2)=C1. The van der Waals surface area contributed by atoms with E-state index in [0.717, 1.165) is 35.5 Å². The third kappa shape index (κ3) is 5.81. The highest BCUT2D eigenvalue weighted by molar-refractivity contribution is 5.77. The summed E-state index contributed by atoms with van der Waals surface area (Å²) in [5.41, 5.74) is 6.24. The summed E-state index contributed by atoms with van der Waals surface area (Å²) in [6.07, 6.45) is 9.44. The van der Waals surface area contributed by atoms with Crippen molar-refractivity contribution in [2.75, 3.05) is 4.90 Å². The molecule has 0 unspecified atom stereocenters. The van der Waals surface area contributed by atoms with Crippen LogP contribution >= 0.6 is 0 Å². The Balaban J connectivity index is 1.60. The van der Waals surface area contributed by atoms with E-state index in [1.165, 1.54) is 5.56 Å². The first-order valence-electron chi connectivity index (χ1n) is 11.9. The van der Waals surface area contributed by atoms with Crippen molar-refractivity contribution in [1.82, 2.24) is 0 Å². The predicted octanol–water partition coefficient (Wildman–Crippen LogP) is 8.64. The van der Waals surface area contributed by atoms with E-state index in [9.17, 15) is 5.26 Å². The second kappa shape index (κ2) is 11.6. The monoisotopic (exact) mass is 469 g/mol. The molecule has 0 amide bonds. The van der Waals surface area contributed by atoms with Gasteiger partial charge in [0.05, 0.1) is 12.6 Å². The molecule has 1 aliphatic rings. The lowest BCUT2D eigenvalue weighted by Gasteiger charge is -2.25. The van der Waals surface area contributed by atoms with Crippen LogP contribution in [0.4, 0.5) is 17.1 Å². The molecule has 1 heterocycles. The number of para-hydroxylation sites is 1. The second-order valence-corrected chi connectivity index (χ2v) is 8.44. The van der Waals surface area contributed by atoms with Crippen molar-refractivity contribution in [1.29, 1.82) is 5.26 Å². The number of nitrogens with zero attached hydrogens (tertiary/aromatic N) is 3. The maximum Gasteiger partial charge on any atom is 0.269 e. The normalized spacial score (nSPS) is 14.2. The number of hydrogen-bond acceptors (Lipinski definition) is 3. The Labute approximate surface area is 213 Å². The molecule has 0 saturated carbocycles. The van der Waals surface area contributed by atoms with Gasteiger partial charge in [0.1, 0.15) is 11.5 Å². The maximum absolute atomic E-state index is 9.19. The number of rotatable bonds is 7. The van der Waals surface area contributed by atoms with Crippen molar-refractivity contribution in [2.45, 2.75) is 26.7 Å². The van der Waals surface area contributed by atoms with Crippen molar-refractivity contribution in [3.63, 3.8) is 0 Å². The third-order valence-electron chi connectivity index (χ3n) is 5.77. The van der Waals surface area contributed by atoms with E-state index in [1.54, 1.807) is 12.2 Å². The van der Waals surface area contributed by atoms with E-state index in [1.807, 2.05) is 43.3 Å². The number of anilines is 3. The third-order valence-corrected chi connectivity index (χ3v) is 5.77. The molecule has 3 aromatic rings. The Morgan fingerprint density at radius 3 is 2.17 bits per heavy atom. The largest absolute Gasteiger partial charge is 0.462 e. The predicted molar refractivity (Wildman–Crippen MR) is 146 cm³/mol. The molecule has 0 fully saturated rings. The van der Waals surface area contributed by atoms with Gasteiger partial charge in [0.2, 0.25) is 0 Å². The van der Waals surface area contributed by atoms with Crippen molar-refractivity contribution >= 4 is 23.1 Å². The van der Waals surface area contributed by atoms with E-state index in [-0.39, 0.29) is 5.70 Å². The summed E-state index contributed by atoms with van der Waals surface area (Å²) in [7, 11) is 0. The summed E-state index contributed by atoms with van der Waals surface area (Å²) in [6, 6.07) is 29.4. The standard InChI is InChI=1S/C32H27N3O/c1-4-8-25-11-16-29(17-12-25)35(28-9-6-5-7-10-28)30-18-13-26(14-19-30)15-20-31-22-27(21-24(2)36-31)32(23-33)34-3/h5-7,9-22H,4,8H2,1-2H3/b20-15+,32-27-. The van der Waals surface area contributed by atoms with Crippen LogP contribution in [0.2, 0.25) is 0 Å². The summed E-state index contributed by atoms with van der Waals surface area (Å²) in [5, 5.41) is 9.19. The number of aryl methyl sites for hydroxylation is 1. The molecule has 4 heteroatoms. The highest BCUT2D eigenvalue weighted by Gasteiger charge is 2.13. The highest BCUT2D eigenvalue weighted by atomic mass is 16.5. The lowest BCUT2D eigenvalue weighted by molar-refractivity contribution is 0.318. The van der Waals surface area contributed by atoms with Crippen molar-refractivity contribution in [3.8, 4) is 6.07 Å². The number of allylic oxidation sites excluding steroid dienone is 6. The van der Waals surface area contributed by atoms with E-state index in [0.29, 0.717) is 17.1 Å². The lowest BCUT2D eigenvalue weighted by atomic mass is 10.1. The molecule has 4 rings (SSSR count). The topological polar surface area (TPSA) is 40.6 Å². The molecule has 0 aliphatic carbocycles. The minimum atomic E-state index is 0.0524. The van der Waals surface area contributed by atoms with Crippen LogP contribution in [0.5, 0.6) is 0 Å². The van der Waals surface area contributed by atoms with E-state index in [4.69, 9.17) is 11.3 Å². The van der Waals surface area contributed by atoms with Crippen LogP contribution in [0, 0.1) is 17.9 Å². The summed E-state index contributed by atoms with van der Waals surface area (Å²) >= 11 is 0. The fourth-order valence-corrected chi connectivity index (χ4v) is 4.07. The lowest BCUT2D eigenvalue weighted by Crippen LogP contribution is -2.09. The molecule has 0 spiro atoms. The van der Waals surface area contributed by atoms with Crippen LogP contribution in [-0.4, -0.2) is 0 Å². The highest BCUT2D eigenvalue weighted by Crippen LogP contribution is 2.34. The number of benzene rings is 3. The summed E-state index contributed by atoms with van der Waals surface area (Å²) in [5.74, 6) is 1.23. The van der Waals surface area contributed by atoms with Gasteiger partial charge in [-0.25, -0.2) is 10.1 Å². The molecule has 0 radical (unpaired) electrons. The average molecular weight is 470 g/mol. The minimum absolute atomic E-state index is 0.0524. The Kier molecular flexibility index (Phi) is 7.81. The average Bonchev–Trinajstić information content (AvgIpc) is 2.91. The molecule has 0 N–H and O–H groups in total. The van der Waals surface area contributed by atoms with Gasteiger partial charge in [-0.05, 0) is 84.7 Å². The zero-order chi connectivity index (χ0) is 25.3. The Bertz CT molecular complexity index is 1400. The number of ether oxygens (including phenoxy) is 1. The summed E-state index contributed by atoms with van der Waals surface area (Å²) in [6.45, 7) is 11.2. The molecule has 0 bridgehead atoms.